The third-order valence-electron chi connectivity index (χ3n) is 1.26. The van der Waals surface area contributed by atoms with Crippen molar-refractivity contribution in [2.75, 3.05) is 4.93 Å². The van der Waals surface area contributed by atoms with Gasteiger partial charge in [-0.1, -0.05) is 0 Å². The minimum atomic E-state index is -0.419. The predicted molar refractivity (Wildman–Crippen MR) is 40.5 cm³/mol. The van der Waals surface area contributed by atoms with Crippen LogP contribution in [0.15, 0.2) is 0 Å². The molecule has 12 heavy (non-hydrogen) atoms. The average molecular weight is 286 g/mol. The quantitative estimate of drug-likeness (QED) is 0.260. The minimum absolute atomic E-state index is 0.199. The van der Waals surface area contributed by atoms with Crippen molar-refractivity contribution in [1.29, 1.82) is 0 Å². The molecule has 0 saturated heterocycles. The summed E-state index contributed by atoms with van der Waals surface area (Å²) in [6.07, 6.45) is 0.600. The van der Waals surface area contributed by atoms with Crippen molar-refractivity contribution in [3.05, 3.63) is 0 Å². The summed E-state index contributed by atoms with van der Waals surface area (Å²) in [7, 11) is 0. The Bertz CT molecular complexity index is 174. The number of halogens is 1. The molecule has 0 aliphatic heterocycles. The zero-order valence-electron chi connectivity index (χ0n) is 6.84. The van der Waals surface area contributed by atoms with E-state index in [1.165, 1.54) is 0 Å². The molecule has 0 aliphatic carbocycles. The van der Waals surface area contributed by atoms with Gasteiger partial charge in [0, 0.05) is 0 Å². The maximum absolute atomic E-state index is 10.7. The third-order valence-corrected chi connectivity index (χ3v) is 2.64. The van der Waals surface area contributed by atoms with Crippen molar-refractivity contribution in [1.82, 2.24) is 3.53 Å². The number of hydrogen-bond acceptors (Lipinski definition) is 3. The van der Waals surface area contributed by atoms with E-state index in [2.05, 4.69) is 3.53 Å². The summed E-state index contributed by atoms with van der Waals surface area (Å²) < 4.78 is 2.97. The molecule has 0 fully saturated rings. The number of alkyl halides is 1. The van der Waals surface area contributed by atoms with Gasteiger partial charge in [-0.25, -0.2) is 0 Å². The molecule has 2 amide bonds. The van der Waals surface area contributed by atoms with Crippen molar-refractivity contribution in [3.8, 4) is 0 Å². The molecule has 5 N–H and O–H groups in total. The number of carbonyl (C=O) groups is 2. The fourth-order valence-corrected chi connectivity index (χ4v) is 2.04. The summed E-state index contributed by atoms with van der Waals surface area (Å²) in [4.78, 5) is 23.1. The van der Waals surface area contributed by atoms with Crippen LogP contribution in [0.2, 0.25) is 0 Å². The van der Waals surface area contributed by atoms with Crippen LogP contribution in [0.4, 0.5) is 0 Å². The Morgan fingerprint density at radius 1 is 1.50 bits per heavy atom. The van der Waals surface area contributed by atoms with E-state index >= 15 is 0 Å². The molecule has 6 heteroatoms. The summed E-state index contributed by atoms with van der Waals surface area (Å²) >= 11 is -0.202. The molecular weight excluding hydrogens is 273 g/mol. The Labute approximate surface area is 81.9 Å². The van der Waals surface area contributed by atoms with Crippen molar-refractivity contribution in [2.45, 2.75) is 18.9 Å². The molecule has 0 aliphatic rings. The van der Waals surface area contributed by atoms with E-state index in [0.29, 0.717) is 6.42 Å². The van der Waals surface area contributed by atoms with E-state index in [4.69, 9.17) is 11.5 Å². The Kier molecular flexibility index (Phi) is 5.99. The Morgan fingerprint density at radius 3 is 2.42 bits per heavy atom. The first-order valence-corrected chi connectivity index (χ1v) is 6.63. The summed E-state index contributed by atoms with van der Waals surface area (Å²) in [5.74, 6) is -0.824. The molecule has 0 aromatic rings. The molecular formula is C6H13IN3O2-. The van der Waals surface area contributed by atoms with Crippen LogP contribution in [0, 0.1) is 0 Å². The maximum atomic E-state index is 10.7. The van der Waals surface area contributed by atoms with E-state index in [9.17, 15) is 9.59 Å². The monoisotopic (exact) mass is 286 g/mol. The molecule has 72 valence electrons. The summed E-state index contributed by atoms with van der Waals surface area (Å²) in [5, 5.41) is 0. The van der Waals surface area contributed by atoms with Crippen LogP contribution >= 0.6 is 0 Å². The van der Waals surface area contributed by atoms with Gasteiger partial charge in [0.2, 0.25) is 0 Å². The molecule has 5 nitrogen and oxygen atoms in total. The van der Waals surface area contributed by atoms with Gasteiger partial charge in [0.1, 0.15) is 0 Å². The van der Waals surface area contributed by atoms with Crippen LogP contribution in [-0.4, -0.2) is 22.8 Å². The Balaban J connectivity index is 3.79. The Hall–Kier alpha value is -0.370. The summed E-state index contributed by atoms with van der Waals surface area (Å²) in [6.45, 7) is 0. The van der Waals surface area contributed by atoms with Gasteiger partial charge in [-0.2, -0.15) is 0 Å². The van der Waals surface area contributed by atoms with Crippen molar-refractivity contribution < 1.29 is 31.1 Å². The van der Waals surface area contributed by atoms with Gasteiger partial charge in [0.15, 0.2) is 0 Å². The molecule has 1 atom stereocenters. The normalized spacial score (nSPS) is 12.8. The van der Waals surface area contributed by atoms with Gasteiger partial charge in [-0.3, -0.25) is 0 Å². The van der Waals surface area contributed by atoms with Crippen LogP contribution in [-0.2, 0) is 9.59 Å². The van der Waals surface area contributed by atoms with E-state index < -0.39 is 17.9 Å². The van der Waals surface area contributed by atoms with Crippen molar-refractivity contribution in [3.63, 3.8) is 0 Å². The van der Waals surface area contributed by atoms with Gasteiger partial charge < -0.3 is 0 Å². The number of amides is 2. The fraction of sp³-hybridized carbons (Fsp3) is 0.667. The molecule has 0 bridgehead atoms. The van der Waals surface area contributed by atoms with Crippen LogP contribution in [0.25, 0.3) is 0 Å². The van der Waals surface area contributed by atoms with Gasteiger partial charge in [-0.15, -0.1) is 0 Å². The second-order valence-corrected chi connectivity index (χ2v) is 3.96. The second-order valence-electron chi connectivity index (χ2n) is 2.26. The fourth-order valence-electron chi connectivity index (χ4n) is 0.669. The zero-order valence-corrected chi connectivity index (χ0v) is 9.00. The van der Waals surface area contributed by atoms with Crippen molar-refractivity contribution in [2.24, 2.45) is 11.5 Å². The first-order chi connectivity index (χ1) is 5.57. The number of nitrogens with two attached hydrogens (primary N) is 2. The first-order valence-electron chi connectivity index (χ1n) is 3.39. The molecule has 0 rings (SSSR count). The molecule has 0 spiro atoms. The topological polar surface area (TPSA) is 98.2 Å². The van der Waals surface area contributed by atoms with Crippen LogP contribution in [0.1, 0.15) is 12.8 Å². The standard InChI is InChI=1S/C6H13IN3O2/c1-7-10-4(6(9)12)2-3-5(8)11/h4,10H,2-3H2,1H3,(H2,8,11)(H2,9,12)/q-1. The molecule has 0 heterocycles. The van der Waals surface area contributed by atoms with E-state index in [1.54, 1.807) is 0 Å². The first kappa shape index (κ1) is 11.6. The second kappa shape index (κ2) is 6.18. The zero-order chi connectivity index (χ0) is 9.56. The number of hydrogen-bond donors (Lipinski definition) is 3. The molecule has 0 aromatic carbocycles. The number of primary amides is 2. The molecule has 0 saturated carbocycles. The van der Waals surface area contributed by atoms with E-state index in [1.807, 2.05) is 4.93 Å². The predicted octanol–water partition coefficient (Wildman–Crippen LogP) is -4.67. The van der Waals surface area contributed by atoms with Crippen molar-refractivity contribution >= 4 is 11.8 Å². The number of nitrogens with one attached hydrogen (secondary N) is 1. The molecule has 0 radical (unpaired) electrons. The van der Waals surface area contributed by atoms with Crippen LogP contribution in [0.3, 0.4) is 0 Å². The van der Waals surface area contributed by atoms with Gasteiger partial charge in [0.25, 0.3) is 0 Å². The Morgan fingerprint density at radius 2 is 2.08 bits per heavy atom. The van der Waals surface area contributed by atoms with Crippen LogP contribution < -0.4 is 36.5 Å². The van der Waals surface area contributed by atoms with E-state index in [0.717, 1.165) is 0 Å². The van der Waals surface area contributed by atoms with Gasteiger partial charge >= 0.3 is 81.7 Å². The summed E-state index contributed by atoms with van der Waals surface area (Å²) in [6, 6.07) is -0.393. The van der Waals surface area contributed by atoms with E-state index in [-0.39, 0.29) is 27.9 Å². The number of carbonyl (C=O) groups excluding carboxylic acids is 2. The molecule has 1 unspecified atom stereocenters. The number of rotatable bonds is 6. The molecule has 0 aromatic heterocycles. The van der Waals surface area contributed by atoms with Gasteiger partial charge in [0.05, 0.1) is 0 Å². The SMILES string of the molecule is C[I-]NC(CCC(N)=O)C(N)=O. The summed E-state index contributed by atoms with van der Waals surface area (Å²) in [5.41, 5.74) is 10.0. The van der Waals surface area contributed by atoms with Gasteiger partial charge in [-0.05, 0) is 0 Å². The van der Waals surface area contributed by atoms with Crippen LogP contribution in [0.5, 0.6) is 0 Å². The third kappa shape index (κ3) is 5.30. The average Bonchev–Trinajstić information content (AvgIpc) is 1.96.